The Morgan fingerprint density at radius 3 is 2.21 bits per heavy atom. The lowest BCUT2D eigenvalue weighted by Gasteiger charge is -2.11. The number of rotatable bonds is 7. The molecule has 1 aromatic heterocycles. The summed E-state index contributed by atoms with van der Waals surface area (Å²) in [6, 6.07) is 27.6. The number of hydrogen-bond donors (Lipinski definition) is 0. The lowest BCUT2D eigenvalue weighted by molar-refractivity contribution is 0.596. The third-order valence-corrected chi connectivity index (χ3v) is 6.95. The number of hydrogen-bond acceptors (Lipinski definition) is 2. The number of unbranched alkanes of at least 4 members (excludes halogenated alkanes) is 2. The first kappa shape index (κ1) is 19.5. The largest absolute Gasteiger partial charge is 0.340 e. The topological polar surface area (TPSA) is 39.1 Å². The van der Waals surface area contributed by atoms with E-state index in [4.69, 9.17) is 0 Å². The fraction of sp³-hybridized carbons (Fsp3) is 0.200. The van der Waals surface area contributed by atoms with Crippen LogP contribution in [-0.2, 0) is 16.4 Å². The average Bonchev–Trinajstić information content (AvgIpc) is 3.13. The molecule has 3 nitrogen and oxygen atoms in total. The summed E-state index contributed by atoms with van der Waals surface area (Å²) in [6.45, 7) is 3.08. The average molecular weight is 403 g/mol. The van der Waals surface area contributed by atoms with Crippen LogP contribution in [-0.4, -0.2) is 13.0 Å². The van der Waals surface area contributed by atoms with Gasteiger partial charge in [0.25, 0.3) is 0 Å². The Morgan fingerprint density at radius 1 is 0.828 bits per heavy atom. The van der Waals surface area contributed by atoms with Crippen molar-refractivity contribution in [3.05, 3.63) is 84.9 Å². The van der Waals surface area contributed by atoms with E-state index in [2.05, 4.69) is 29.7 Å². The molecule has 1 heterocycles. The van der Waals surface area contributed by atoms with Crippen LogP contribution >= 0.6 is 0 Å². The van der Waals surface area contributed by atoms with Crippen LogP contribution in [0, 0.1) is 6.07 Å². The molecule has 4 aromatic rings. The van der Waals surface area contributed by atoms with Gasteiger partial charge in [0.15, 0.2) is 0 Å². The van der Waals surface area contributed by atoms with Crippen LogP contribution < -0.4 is 0 Å². The van der Waals surface area contributed by atoms with Crippen LogP contribution in [0.2, 0.25) is 0 Å². The van der Waals surface area contributed by atoms with Crippen LogP contribution in [0.25, 0.3) is 22.2 Å². The van der Waals surface area contributed by atoms with E-state index < -0.39 is 9.84 Å². The smallest absolute Gasteiger partial charge is 0.206 e. The van der Waals surface area contributed by atoms with Crippen LogP contribution in [0.1, 0.15) is 26.2 Å². The number of fused-ring (bicyclic) bond motifs is 1. The predicted octanol–water partition coefficient (Wildman–Crippen LogP) is 6.13. The van der Waals surface area contributed by atoms with Crippen LogP contribution in [0.3, 0.4) is 0 Å². The van der Waals surface area contributed by atoms with E-state index in [0.29, 0.717) is 9.79 Å². The molecule has 0 unspecified atom stereocenters. The van der Waals surface area contributed by atoms with Crippen molar-refractivity contribution in [3.63, 3.8) is 0 Å². The lowest BCUT2D eigenvalue weighted by Crippen LogP contribution is -2.02. The highest BCUT2D eigenvalue weighted by atomic mass is 32.2. The van der Waals surface area contributed by atoms with Gasteiger partial charge < -0.3 is 4.57 Å². The van der Waals surface area contributed by atoms with Gasteiger partial charge in [-0.05, 0) is 42.3 Å². The molecule has 0 spiro atoms. The summed E-state index contributed by atoms with van der Waals surface area (Å²) in [7, 11) is -3.55. The van der Waals surface area contributed by atoms with Crippen LogP contribution in [0.15, 0.2) is 88.7 Å². The van der Waals surface area contributed by atoms with E-state index in [-0.39, 0.29) is 0 Å². The summed E-state index contributed by atoms with van der Waals surface area (Å²) in [4.78, 5) is 0.614. The Hall–Kier alpha value is -2.85. The number of sulfone groups is 1. The van der Waals surface area contributed by atoms with Crippen molar-refractivity contribution in [2.24, 2.45) is 0 Å². The van der Waals surface area contributed by atoms with Gasteiger partial charge in [-0.3, -0.25) is 0 Å². The normalized spacial score (nSPS) is 11.8. The van der Waals surface area contributed by atoms with Crippen molar-refractivity contribution in [1.29, 1.82) is 0 Å². The Balaban J connectivity index is 1.83. The van der Waals surface area contributed by atoms with E-state index in [1.165, 1.54) is 0 Å². The summed E-state index contributed by atoms with van der Waals surface area (Å²) in [6.07, 6.45) is 3.40. The number of aryl methyl sites for hydroxylation is 1. The van der Waals surface area contributed by atoms with E-state index in [1.54, 1.807) is 36.4 Å². The maximum atomic E-state index is 13.0. The van der Waals surface area contributed by atoms with Crippen molar-refractivity contribution in [2.45, 2.75) is 42.5 Å². The number of benzene rings is 3. The van der Waals surface area contributed by atoms with E-state index in [0.717, 1.165) is 48.0 Å². The first-order valence-corrected chi connectivity index (χ1v) is 11.5. The Morgan fingerprint density at radius 2 is 1.52 bits per heavy atom. The summed E-state index contributed by atoms with van der Waals surface area (Å²) < 4.78 is 28.3. The molecule has 0 N–H and O–H groups in total. The molecule has 1 radical (unpaired) electrons. The molecule has 0 saturated carbocycles. The molecule has 0 saturated heterocycles. The molecular formula is C25H24NO2S. The summed E-state index contributed by atoms with van der Waals surface area (Å²) >= 11 is 0. The summed E-state index contributed by atoms with van der Waals surface area (Å²) in [5.41, 5.74) is 3.12. The SMILES string of the molecule is CCCCCn1c(-c2ccccc2)[c]c2cc(S(=O)(=O)c3ccccc3)ccc21. The third-order valence-electron chi connectivity index (χ3n) is 5.18. The van der Waals surface area contributed by atoms with Crippen molar-refractivity contribution in [3.8, 4) is 11.3 Å². The van der Waals surface area contributed by atoms with Gasteiger partial charge in [0.05, 0.1) is 15.5 Å². The quantitative estimate of drug-likeness (QED) is 0.349. The van der Waals surface area contributed by atoms with Gasteiger partial charge in [0.2, 0.25) is 9.84 Å². The first-order valence-electron chi connectivity index (χ1n) is 10.0. The highest BCUT2D eigenvalue weighted by molar-refractivity contribution is 7.91. The minimum absolute atomic E-state index is 0.303. The molecule has 29 heavy (non-hydrogen) atoms. The van der Waals surface area contributed by atoms with Gasteiger partial charge >= 0.3 is 0 Å². The van der Waals surface area contributed by atoms with Crippen LogP contribution in [0.4, 0.5) is 0 Å². The Labute approximate surface area is 172 Å². The van der Waals surface area contributed by atoms with Gasteiger partial charge in [0.1, 0.15) is 0 Å². The molecule has 0 aliphatic carbocycles. The van der Waals surface area contributed by atoms with Gasteiger partial charge in [-0.25, -0.2) is 8.42 Å². The monoisotopic (exact) mass is 402 g/mol. The van der Waals surface area contributed by atoms with Gasteiger partial charge in [-0.15, -0.1) is 0 Å². The minimum atomic E-state index is -3.55. The molecule has 0 amide bonds. The molecule has 3 aromatic carbocycles. The fourth-order valence-electron chi connectivity index (χ4n) is 3.65. The second-order valence-electron chi connectivity index (χ2n) is 7.19. The molecule has 0 aliphatic rings. The van der Waals surface area contributed by atoms with Gasteiger partial charge in [-0.2, -0.15) is 0 Å². The second-order valence-corrected chi connectivity index (χ2v) is 9.14. The molecule has 4 heteroatoms. The van der Waals surface area contributed by atoms with Gasteiger partial charge in [-0.1, -0.05) is 68.3 Å². The zero-order valence-corrected chi connectivity index (χ0v) is 17.3. The van der Waals surface area contributed by atoms with Crippen molar-refractivity contribution in [1.82, 2.24) is 4.57 Å². The predicted molar refractivity (Wildman–Crippen MR) is 118 cm³/mol. The summed E-state index contributed by atoms with van der Waals surface area (Å²) in [5.74, 6) is 0. The first-order chi connectivity index (χ1) is 14.1. The summed E-state index contributed by atoms with van der Waals surface area (Å²) in [5, 5.41) is 0.831. The van der Waals surface area contributed by atoms with E-state index >= 15 is 0 Å². The molecule has 4 rings (SSSR count). The highest BCUT2D eigenvalue weighted by Gasteiger charge is 2.19. The zero-order chi connectivity index (χ0) is 20.3. The zero-order valence-electron chi connectivity index (χ0n) is 16.5. The minimum Gasteiger partial charge on any atom is -0.340 e. The highest BCUT2D eigenvalue weighted by Crippen LogP contribution is 2.31. The lowest BCUT2D eigenvalue weighted by atomic mass is 10.1. The fourth-order valence-corrected chi connectivity index (χ4v) is 4.95. The molecule has 0 aliphatic heterocycles. The van der Waals surface area contributed by atoms with E-state index in [1.807, 2.05) is 30.3 Å². The molecule has 0 fully saturated rings. The standard InChI is InChI=1S/C25H24NO2S/c1-2-3-10-17-26-24-16-15-23(29(27,28)22-13-8-5-9-14-22)18-21(24)19-25(26)20-11-6-4-7-12-20/h4-9,11-16,18H,2-3,10,17H2,1H3. The van der Waals surface area contributed by atoms with Crippen LogP contribution in [0.5, 0.6) is 0 Å². The maximum Gasteiger partial charge on any atom is 0.206 e. The molecule has 147 valence electrons. The second kappa shape index (κ2) is 8.26. The Kier molecular flexibility index (Phi) is 5.54. The third kappa shape index (κ3) is 3.85. The van der Waals surface area contributed by atoms with Crippen molar-refractivity contribution in [2.75, 3.05) is 0 Å². The molecule has 0 atom stereocenters. The van der Waals surface area contributed by atoms with E-state index in [9.17, 15) is 8.42 Å². The number of nitrogens with zero attached hydrogens (tertiary/aromatic N) is 1. The molecular weight excluding hydrogens is 378 g/mol. The van der Waals surface area contributed by atoms with Crippen molar-refractivity contribution >= 4 is 20.7 Å². The van der Waals surface area contributed by atoms with Gasteiger partial charge in [0, 0.05) is 23.5 Å². The Bertz CT molecular complexity index is 1210. The maximum absolute atomic E-state index is 13.0. The number of aromatic nitrogens is 1. The molecule has 0 bridgehead atoms. The van der Waals surface area contributed by atoms with Crippen molar-refractivity contribution < 1.29 is 8.42 Å².